The van der Waals surface area contributed by atoms with Crippen LogP contribution in [0.25, 0.3) is 0 Å². The third-order valence-electron chi connectivity index (χ3n) is 4.28. The fourth-order valence-electron chi connectivity index (χ4n) is 2.95. The molecule has 2 aromatic rings. The van der Waals surface area contributed by atoms with E-state index < -0.39 is 6.10 Å². The molecular weight excluding hydrogens is 362 g/mol. The first-order valence-corrected chi connectivity index (χ1v) is 9.36. The fraction of sp³-hybridized carbons (Fsp3) is 0.524. The number of benzene rings is 1. The van der Waals surface area contributed by atoms with Crippen molar-refractivity contribution < 1.29 is 28.5 Å². The Morgan fingerprint density at radius 3 is 2.61 bits per heavy atom. The van der Waals surface area contributed by atoms with Crippen molar-refractivity contribution in [2.45, 2.75) is 25.7 Å². The standard InChI is InChI=1S/C21H31NO6/c1-24-10-5-9-22(13-17-7-8-20(25-2)21(12-17)26-3)14-18(23)15-27-16-19-6-4-11-28-19/h4,6-8,11-12,18,23H,5,9-10,13-16H2,1-3H3/t18-/m0/s1. The molecule has 1 aromatic heterocycles. The molecule has 28 heavy (non-hydrogen) atoms. The summed E-state index contributed by atoms with van der Waals surface area (Å²) >= 11 is 0. The van der Waals surface area contributed by atoms with Crippen molar-refractivity contribution in [3.63, 3.8) is 0 Å². The molecule has 0 spiro atoms. The molecule has 0 aliphatic heterocycles. The molecule has 2 rings (SSSR count). The number of hydrogen-bond donors (Lipinski definition) is 1. The van der Waals surface area contributed by atoms with Gasteiger partial charge in [-0.15, -0.1) is 0 Å². The molecule has 156 valence electrons. The topological polar surface area (TPSA) is 73.5 Å². The summed E-state index contributed by atoms with van der Waals surface area (Å²) in [5.74, 6) is 2.14. The first-order valence-electron chi connectivity index (χ1n) is 9.36. The molecule has 1 heterocycles. The van der Waals surface area contributed by atoms with Crippen LogP contribution >= 0.6 is 0 Å². The van der Waals surface area contributed by atoms with Crippen LogP contribution in [0.1, 0.15) is 17.7 Å². The molecule has 1 atom stereocenters. The monoisotopic (exact) mass is 393 g/mol. The number of methoxy groups -OCH3 is 3. The molecule has 0 amide bonds. The number of rotatable bonds is 14. The van der Waals surface area contributed by atoms with Gasteiger partial charge in [-0.25, -0.2) is 0 Å². The Labute approximate surface area is 166 Å². The van der Waals surface area contributed by atoms with E-state index in [4.69, 9.17) is 23.4 Å². The van der Waals surface area contributed by atoms with Crippen LogP contribution in [0, 0.1) is 0 Å². The second-order valence-electron chi connectivity index (χ2n) is 6.52. The minimum Gasteiger partial charge on any atom is -0.493 e. The molecule has 1 N–H and O–H groups in total. The zero-order chi connectivity index (χ0) is 20.2. The molecule has 0 saturated heterocycles. The third kappa shape index (κ3) is 7.52. The largest absolute Gasteiger partial charge is 0.493 e. The highest BCUT2D eigenvalue weighted by Crippen LogP contribution is 2.28. The van der Waals surface area contributed by atoms with Crippen molar-refractivity contribution in [1.82, 2.24) is 4.90 Å². The van der Waals surface area contributed by atoms with Gasteiger partial charge in [0.15, 0.2) is 11.5 Å². The number of hydrogen-bond acceptors (Lipinski definition) is 7. The lowest BCUT2D eigenvalue weighted by Crippen LogP contribution is -2.35. The predicted octanol–water partition coefficient (Wildman–Crippen LogP) is 2.71. The van der Waals surface area contributed by atoms with Gasteiger partial charge in [0.1, 0.15) is 12.4 Å². The van der Waals surface area contributed by atoms with Gasteiger partial charge in [0.2, 0.25) is 0 Å². The molecule has 7 heteroatoms. The van der Waals surface area contributed by atoms with E-state index in [0.29, 0.717) is 37.8 Å². The van der Waals surface area contributed by atoms with Gasteiger partial charge in [-0.3, -0.25) is 4.90 Å². The van der Waals surface area contributed by atoms with Gasteiger partial charge in [0.25, 0.3) is 0 Å². The Morgan fingerprint density at radius 1 is 1.11 bits per heavy atom. The third-order valence-corrected chi connectivity index (χ3v) is 4.28. The summed E-state index contributed by atoms with van der Waals surface area (Å²) in [4.78, 5) is 2.18. The minimum absolute atomic E-state index is 0.243. The van der Waals surface area contributed by atoms with E-state index in [1.54, 1.807) is 27.6 Å². The Kier molecular flexibility index (Phi) is 9.85. The van der Waals surface area contributed by atoms with E-state index in [-0.39, 0.29) is 6.61 Å². The average Bonchev–Trinajstić information content (AvgIpc) is 3.21. The second-order valence-corrected chi connectivity index (χ2v) is 6.52. The summed E-state index contributed by atoms with van der Waals surface area (Å²) in [7, 11) is 4.93. The number of aliphatic hydroxyl groups is 1. The molecular formula is C21H31NO6. The molecule has 0 bridgehead atoms. The van der Waals surface area contributed by atoms with Crippen LogP contribution in [0.2, 0.25) is 0 Å². The predicted molar refractivity (Wildman–Crippen MR) is 106 cm³/mol. The second kappa shape index (κ2) is 12.4. The first kappa shape index (κ1) is 22.2. The molecule has 0 aliphatic carbocycles. The molecule has 0 unspecified atom stereocenters. The van der Waals surface area contributed by atoms with Crippen molar-refractivity contribution in [3.8, 4) is 11.5 Å². The quantitative estimate of drug-likeness (QED) is 0.495. The summed E-state index contributed by atoms with van der Waals surface area (Å²) in [5.41, 5.74) is 1.08. The molecule has 0 fully saturated rings. The molecule has 0 radical (unpaired) electrons. The normalized spacial score (nSPS) is 12.3. The Balaban J connectivity index is 1.90. The summed E-state index contributed by atoms with van der Waals surface area (Å²) in [6, 6.07) is 9.52. The van der Waals surface area contributed by atoms with Crippen molar-refractivity contribution in [1.29, 1.82) is 0 Å². The molecule has 7 nitrogen and oxygen atoms in total. The smallest absolute Gasteiger partial charge is 0.161 e. The van der Waals surface area contributed by atoms with Crippen molar-refractivity contribution in [2.75, 3.05) is 47.6 Å². The zero-order valence-electron chi connectivity index (χ0n) is 16.9. The van der Waals surface area contributed by atoms with Crippen LogP contribution in [0.3, 0.4) is 0 Å². The minimum atomic E-state index is -0.599. The lowest BCUT2D eigenvalue weighted by atomic mass is 10.1. The molecule has 0 aliphatic rings. The van der Waals surface area contributed by atoms with Crippen LogP contribution in [-0.4, -0.2) is 63.7 Å². The molecule has 1 aromatic carbocycles. The van der Waals surface area contributed by atoms with Gasteiger partial charge in [-0.05, 0) is 36.2 Å². The number of aliphatic hydroxyl groups excluding tert-OH is 1. The number of ether oxygens (including phenoxy) is 4. The highest BCUT2D eigenvalue weighted by molar-refractivity contribution is 5.42. The van der Waals surface area contributed by atoms with Gasteiger partial charge < -0.3 is 28.5 Å². The highest BCUT2D eigenvalue weighted by Gasteiger charge is 2.14. The van der Waals surface area contributed by atoms with Crippen LogP contribution in [0.4, 0.5) is 0 Å². The first-order chi connectivity index (χ1) is 13.7. The van der Waals surface area contributed by atoms with Gasteiger partial charge in [0.05, 0.1) is 33.2 Å². The van der Waals surface area contributed by atoms with E-state index in [1.165, 1.54) is 0 Å². The molecule has 0 saturated carbocycles. The lowest BCUT2D eigenvalue weighted by Gasteiger charge is -2.25. The number of furan rings is 1. The van der Waals surface area contributed by atoms with Crippen molar-refractivity contribution >= 4 is 0 Å². The maximum absolute atomic E-state index is 10.4. The maximum atomic E-state index is 10.4. The lowest BCUT2D eigenvalue weighted by molar-refractivity contribution is 0.00280. The summed E-state index contributed by atoms with van der Waals surface area (Å²) in [5, 5.41) is 10.4. The SMILES string of the molecule is COCCCN(Cc1ccc(OC)c(OC)c1)C[C@H](O)COCc1ccco1. The summed E-state index contributed by atoms with van der Waals surface area (Å²) < 4.78 is 26.6. The van der Waals surface area contributed by atoms with E-state index in [0.717, 1.165) is 24.3 Å². The van der Waals surface area contributed by atoms with Crippen molar-refractivity contribution in [2.24, 2.45) is 0 Å². The Hall–Kier alpha value is -2.06. The Bertz CT molecular complexity index is 661. The van der Waals surface area contributed by atoms with Gasteiger partial charge >= 0.3 is 0 Å². The fourth-order valence-corrected chi connectivity index (χ4v) is 2.95. The van der Waals surface area contributed by atoms with Crippen LogP contribution in [0.5, 0.6) is 11.5 Å². The summed E-state index contributed by atoms with van der Waals surface area (Å²) in [6.07, 6.45) is 1.89. The van der Waals surface area contributed by atoms with E-state index in [1.807, 2.05) is 30.3 Å². The van der Waals surface area contributed by atoms with E-state index in [9.17, 15) is 5.11 Å². The maximum Gasteiger partial charge on any atom is 0.161 e. The van der Waals surface area contributed by atoms with Crippen LogP contribution in [0.15, 0.2) is 41.0 Å². The average molecular weight is 393 g/mol. The van der Waals surface area contributed by atoms with Gasteiger partial charge in [0, 0.05) is 33.4 Å². The summed E-state index contributed by atoms with van der Waals surface area (Å²) in [6.45, 7) is 3.25. The van der Waals surface area contributed by atoms with Crippen LogP contribution in [-0.2, 0) is 22.6 Å². The van der Waals surface area contributed by atoms with Gasteiger partial charge in [-0.2, -0.15) is 0 Å². The van der Waals surface area contributed by atoms with E-state index in [2.05, 4.69) is 4.90 Å². The zero-order valence-corrected chi connectivity index (χ0v) is 16.9. The van der Waals surface area contributed by atoms with Crippen molar-refractivity contribution in [3.05, 3.63) is 47.9 Å². The van der Waals surface area contributed by atoms with Gasteiger partial charge in [-0.1, -0.05) is 6.07 Å². The number of nitrogens with zero attached hydrogens (tertiary/aromatic N) is 1. The Morgan fingerprint density at radius 2 is 1.93 bits per heavy atom. The highest BCUT2D eigenvalue weighted by atomic mass is 16.5. The van der Waals surface area contributed by atoms with Crippen LogP contribution < -0.4 is 9.47 Å². The van der Waals surface area contributed by atoms with E-state index >= 15 is 0 Å².